The van der Waals surface area contributed by atoms with Gasteiger partial charge in [0, 0.05) is 31.3 Å². The van der Waals surface area contributed by atoms with E-state index in [-0.39, 0.29) is 5.91 Å². The van der Waals surface area contributed by atoms with Crippen molar-refractivity contribution in [3.8, 4) is 0 Å². The lowest BCUT2D eigenvalue weighted by Crippen LogP contribution is -2.21. The number of rotatable bonds is 5. The van der Waals surface area contributed by atoms with Crippen LogP contribution in [0.2, 0.25) is 0 Å². The van der Waals surface area contributed by atoms with E-state index in [9.17, 15) is 4.79 Å². The molecule has 0 saturated heterocycles. The van der Waals surface area contributed by atoms with E-state index in [1.807, 2.05) is 30.7 Å². The van der Waals surface area contributed by atoms with Crippen LogP contribution in [0.5, 0.6) is 0 Å². The zero-order valence-corrected chi connectivity index (χ0v) is 10.7. The molecule has 1 amide bonds. The number of furan rings is 1. The predicted molar refractivity (Wildman–Crippen MR) is 72.0 cm³/mol. The standard InChI is InChI=1S/C14H14N4O2/c19-14(16-9-11-4-6-15-8-11)13-3-2-12(20-13)10-18-7-1-5-17-18/h1-8,15H,9-10H2,(H,16,19). The quantitative estimate of drug-likeness (QED) is 0.742. The van der Waals surface area contributed by atoms with Gasteiger partial charge in [-0.15, -0.1) is 0 Å². The van der Waals surface area contributed by atoms with Crippen LogP contribution in [0.25, 0.3) is 0 Å². The molecule has 0 spiro atoms. The van der Waals surface area contributed by atoms with E-state index in [0.717, 1.165) is 5.56 Å². The third-order valence-electron chi connectivity index (χ3n) is 2.88. The molecule has 0 atom stereocenters. The monoisotopic (exact) mass is 270 g/mol. The number of aromatic amines is 1. The van der Waals surface area contributed by atoms with Gasteiger partial charge in [-0.05, 0) is 29.8 Å². The van der Waals surface area contributed by atoms with Gasteiger partial charge in [-0.2, -0.15) is 5.10 Å². The summed E-state index contributed by atoms with van der Waals surface area (Å²) in [4.78, 5) is 14.9. The molecule has 102 valence electrons. The van der Waals surface area contributed by atoms with Gasteiger partial charge in [0.2, 0.25) is 0 Å². The first-order chi connectivity index (χ1) is 9.81. The highest BCUT2D eigenvalue weighted by Crippen LogP contribution is 2.09. The van der Waals surface area contributed by atoms with Gasteiger partial charge in [0.25, 0.3) is 5.91 Å². The van der Waals surface area contributed by atoms with E-state index < -0.39 is 0 Å². The molecule has 0 bridgehead atoms. The van der Waals surface area contributed by atoms with Crippen LogP contribution in [-0.2, 0) is 13.1 Å². The topological polar surface area (TPSA) is 75.8 Å². The van der Waals surface area contributed by atoms with Gasteiger partial charge in [-0.1, -0.05) is 0 Å². The largest absolute Gasteiger partial charge is 0.454 e. The number of H-pyrrole nitrogens is 1. The van der Waals surface area contributed by atoms with E-state index in [2.05, 4.69) is 15.4 Å². The van der Waals surface area contributed by atoms with Crippen LogP contribution in [-0.4, -0.2) is 20.7 Å². The molecule has 0 radical (unpaired) electrons. The Morgan fingerprint density at radius 2 is 2.35 bits per heavy atom. The van der Waals surface area contributed by atoms with Crippen LogP contribution >= 0.6 is 0 Å². The molecule has 0 saturated carbocycles. The van der Waals surface area contributed by atoms with E-state index in [1.165, 1.54) is 0 Å². The van der Waals surface area contributed by atoms with E-state index in [4.69, 9.17) is 4.42 Å². The number of amides is 1. The molecule has 0 aliphatic carbocycles. The Bertz CT molecular complexity index is 668. The smallest absolute Gasteiger partial charge is 0.287 e. The third-order valence-corrected chi connectivity index (χ3v) is 2.88. The third kappa shape index (κ3) is 2.80. The summed E-state index contributed by atoms with van der Waals surface area (Å²) in [6, 6.07) is 7.21. The molecule has 2 N–H and O–H groups in total. The lowest BCUT2D eigenvalue weighted by atomic mass is 10.3. The van der Waals surface area contributed by atoms with Crippen molar-refractivity contribution < 1.29 is 9.21 Å². The SMILES string of the molecule is O=C(NCc1cc[nH]c1)c1ccc(Cn2cccn2)o1. The maximum absolute atomic E-state index is 11.9. The average Bonchev–Trinajstić information content (AvgIpc) is 3.19. The van der Waals surface area contributed by atoms with Gasteiger partial charge < -0.3 is 14.7 Å². The minimum Gasteiger partial charge on any atom is -0.454 e. The molecule has 3 heterocycles. The van der Waals surface area contributed by atoms with Gasteiger partial charge >= 0.3 is 0 Å². The van der Waals surface area contributed by atoms with Crippen molar-refractivity contribution in [3.63, 3.8) is 0 Å². The Labute approximate surface area is 115 Å². The molecular weight excluding hydrogens is 256 g/mol. The Hall–Kier alpha value is -2.76. The molecule has 3 rings (SSSR count). The van der Waals surface area contributed by atoms with Crippen molar-refractivity contribution in [2.75, 3.05) is 0 Å². The number of nitrogens with zero attached hydrogens (tertiary/aromatic N) is 2. The second kappa shape index (κ2) is 5.48. The van der Waals surface area contributed by atoms with Gasteiger partial charge in [0.15, 0.2) is 5.76 Å². The predicted octanol–water partition coefficient (Wildman–Crippen LogP) is 1.78. The lowest BCUT2D eigenvalue weighted by Gasteiger charge is -2.01. The fourth-order valence-corrected chi connectivity index (χ4v) is 1.88. The van der Waals surface area contributed by atoms with Crippen molar-refractivity contribution >= 4 is 5.91 Å². The average molecular weight is 270 g/mol. The number of hydrogen-bond acceptors (Lipinski definition) is 3. The minimum absolute atomic E-state index is 0.224. The number of aromatic nitrogens is 3. The zero-order valence-electron chi connectivity index (χ0n) is 10.7. The minimum atomic E-state index is -0.224. The van der Waals surface area contributed by atoms with E-state index >= 15 is 0 Å². The number of carbonyl (C=O) groups is 1. The molecule has 0 aliphatic rings. The molecule has 3 aromatic heterocycles. The second-order valence-corrected chi connectivity index (χ2v) is 4.37. The zero-order chi connectivity index (χ0) is 13.8. The molecule has 6 nitrogen and oxygen atoms in total. The maximum atomic E-state index is 11.9. The van der Waals surface area contributed by atoms with Crippen molar-refractivity contribution in [3.05, 3.63) is 66.1 Å². The highest BCUT2D eigenvalue weighted by Gasteiger charge is 2.11. The first-order valence-electron chi connectivity index (χ1n) is 6.27. The van der Waals surface area contributed by atoms with Gasteiger partial charge in [0.1, 0.15) is 5.76 Å². The number of nitrogens with one attached hydrogen (secondary N) is 2. The fraction of sp³-hybridized carbons (Fsp3) is 0.143. The van der Waals surface area contributed by atoms with Crippen LogP contribution in [0.1, 0.15) is 21.9 Å². The number of hydrogen-bond donors (Lipinski definition) is 2. The highest BCUT2D eigenvalue weighted by atomic mass is 16.4. The number of carbonyl (C=O) groups excluding carboxylic acids is 1. The maximum Gasteiger partial charge on any atom is 0.287 e. The summed E-state index contributed by atoms with van der Waals surface area (Å²) >= 11 is 0. The van der Waals surface area contributed by atoms with E-state index in [0.29, 0.717) is 24.6 Å². The second-order valence-electron chi connectivity index (χ2n) is 4.37. The lowest BCUT2D eigenvalue weighted by molar-refractivity contribution is 0.0921. The fourth-order valence-electron chi connectivity index (χ4n) is 1.88. The van der Waals surface area contributed by atoms with Crippen molar-refractivity contribution in [2.45, 2.75) is 13.1 Å². The molecule has 0 aromatic carbocycles. The summed E-state index contributed by atoms with van der Waals surface area (Å²) < 4.78 is 7.24. The van der Waals surface area contributed by atoms with E-state index in [1.54, 1.807) is 23.0 Å². The molecular formula is C14H14N4O2. The van der Waals surface area contributed by atoms with Gasteiger partial charge in [0.05, 0.1) is 6.54 Å². The summed E-state index contributed by atoms with van der Waals surface area (Å²) in [7, 11) is 0. The summed E-state index contributed by atoms with van der Waals surface area (Å²) in [5.74, 6) is 0.779. The summed E-state index contributed by atoms with van der Waals surface area (Å²) in [5, 5.41) is 6.89. The molecule has 0 unspecified atom stereocenters. The first-order valence-corrected chi connectivity index (χ1v) is 6.27. The molecule has 20 heavy (non-hydrogen) atoms. The van der Waals surface area contributed by atoms with Gasteiger partial charge in [-0.25, -0.2) is 0 Å². The van der Waals surface area contributed by atoms with Crippen molar-refractivity contribution in [1.82, 2.24) is 20.1 Å². The molecule has 3 aromatic rings. The molecule has 0 aliphatic heterocycles. The van der Waals surface area contributed by atoms with Crippen LogP contribution in [0.3, 0.4) is 0 Å². The summed E-state index contributed by atoms with van der Waals surface area (Å²) in [6.45, 7) is 0.982. The Morgan fingerprint density at radius 3 is 3.10 bits per heavy atom. The molecule has 0 fully saturated rings. The Kier molecular flexibility index (Phi) is 3.36. The normalized spacial score (nSPS) is 10.6. The Balaban J connectivity index is 1.59. The van der Waals surface area contributed by atoms with Crippen LogP contribution in [0, 0.1) is 0 Å². The van der Waals surface area contributed by atoms with Crippen molar-refractivity contribution in [2.24, 2.45) is 0 Å². The highest BCUT2D eigenvalue weighted by molar-refractivity contribution is 5.91. The van der Waals surface area contributed by atoms with Crippen molar-refractivity contribution in [1.29, 1.82) is 0 Å². The van der Waals surface area contributed by atoms with Crippen LogP contribution < -0.4 is 5.32 Å². The van der Waals surface area contributed by atoms with Gasteiger partial charge in [-0.3, -0.25) is 9.48 Å². The first kappa shape index (κ1) is 12.3. The summed E-state index contributed by atoms with van der Waals surface area (Å²) in [5.41, 5.74) is 1.02. The summed E-state index contributed by atoms with van der Waals surface area (Å²) in [6.07, 6.45) is 7.20. The Morgan fingerprint density at radius 1 is 1.40 bits per heavy atom. The molecule has 6 heteroatoms. The van der Waals surface area contributed by atoms with Crippen LogP contribution in [0.15, 0.2) is 53.5 Å². The van der Waals surface area contributed by atoms with Crippen LogP contribution in [0.4, 0.5) is 0 Å².